The zero-order valence-corrected chi connectivity index (χ0v) is 18.2. The zero-order valence-electron chi connectivity index (χ0n) is 18.2. The fraction of sp³-hybridized carbons (Fsp3) is 0.667. The normalized spacial score (nSPS) is 32.7. The lowest BCUT2D eigenvalue weighted by atomic mass is 9.45. The van der Waals surface area contributed by atoms with Gasteiger partial charge in [-0.3, -0.25) is 4.79 Å². The van der Waals surface area contributed by atoms with Gasteiger partial charge in [0.25, 0.3) is 0 Å². The summed E-state index contributed by atoms with van der Waals surface area (Å²) >= 11 is 0. The van der Waals surface area contributed by atoms with Crippen LogP contribution < -0.4 is 16.0 Å². The van der Waals surface area contributed by atoms with Gasteiger partial charge < -0.3 is 16.0 Å². The van der Waals surface area contributed by atoms with Crippen molar-refractivity contribution in [1.29, 1.82) is 0 Å². The maximum absolute atomic E-state index is 12.8. The van der Waals surface area contributed by atoms with Crippen LogP contribution in [-0.2, 0) is 11.3 Å². The molecule has 4 fully saturated rings. The Morgan fingerprint density at radius 3 is 2.21 bits per heavy atom. The van der Waals surface area contributed by atoms with E-state index in [-0.39, 0.29) is 17.5 Å². The standard InChI is InChI=1S/C24H35N3O2/c1-15(28)25-14-16-5-7-20(8-6-16)26-22(29)27-24-11-17-9-18(12-24)21(23(2,3)4)19(10-17)13-24/h5-8,17-19,21H,9-14H2,1-4H3,(H,25,28)(H2,26,27,29). The molecule has 0 radical (unpaired) electrons. The van der Waals surface area contributed by atoms with Crippen LogP contribution in [0.5, 0.6) is 0 Å². The summed E-state index contributed by atoms with van der Waals surface area (Å²) in [5, 5.41) is 9.19. The number of amides is 3. The molecule has 4 aliphatic carbocycles. The second-order valence-electron chi connectivity index (χ2n) is 10.8. The lowest BCUT2D eigenvalue weighted by molar-refractivity contribution is -0.119. The third-order valence-corrected chi connectivity index (χ3v) is 7.41. The minimum Gasteiger partial charge on any atom is -0.352 e. The van der Waals surface area contributed by atoms with Crippen molar-refractivity contribution in [2.24, 2.45) is 29.1 Å². The summed E-state index contributed by atoms with van der Waals surface area (Å²) in [5.74, 6) is 3.01. The molecular formula is C24H35N3O2. The molecule has 5 nitrogen and oxygen atoms in total. The van der Waals surface area contributed by atoms with E-state index >= 15 is 0 Å². The summed E-state index contributed by atoms with van der Waals surface area (Å²) in [5.41, 5.74) is 2.13. The van der Waals surface area contributed by atoms with E-state index in [4.69, 9.17) is 0 Å². The van der Waals surface area contributed by atoms with Gasteiger partial charge in [0, 0.05) is 24.7 Å². The number of anilines is 1. The first kappa shape index (κ1) is 20.2. The van der Waals surface area contributed by atoms with Crippen LogP contribution in [0.4, 0.5) is 10.5 Å². The highest BCUT2D eigenvalue weighted by atomic mass is 16.2. The predicted molar refractivity (Wildman–Crippen MR) is 115 cm³/mol. The average molecular weight is 398 g/mol. The van der Waals surface area contributed by atoms with E-state index < -0.39 is 0 Å². The molecule has 3 N–H and O–H groups in total. The number of carbonyl (C=O) groups excluding carboxylic acids is 2. The fourth-order valence-electron chi connectivity index (χ4n) is 6.93. The van der Waals surface area contributed by atoms with Crippen molar-refractivity contribution in [3.63, 3.8) is 0 Å². The molecule has 158 valence electrons. The fourth-order valence-corrected chi connectivity index (χ4v) is 6.93. The molecule has 29 heavy (non-hydrogen) atoms. The van der Waals surface area contributed by atoms with E-state index in [0.717, 1.165) is 54.2 Å². The molecule has 0 aromatic heterocycles. The number of carbonyl (C=O) groups is 2. The lowest BCUT2D eigenvalue weighted by Gasteiger charge is -2.62. The van der Waals surface area contributed by atoms with E-state index in [1.807, 2.05) is 24.3 Å². The van der Waals surface area contributed by atoms with Gasteiger partial charge in [-0.25, -0.2) is 4.79 Å². The van der Waals surface area contributed by atoms with Gasteiger partial charge in [0.2, 0.25) is 5.91 Å². The van der Waals surface area contributed by atoms with Crippen LogP contribution in [0.1, 0.15) is 65.4 Å². The van der Waals surface area contributed by atoms with Crippen LogP contribution in [0.2, 0.25) is 0 Å². The van der Waals surface area contributed by atoms with Gasteiger partial charge in [0.1, 0.15) is 0 Å². The first-order valence-electron chi connectivity index (χ1n) is 11.1. The number of nitrogens with one attached hydrogen (secondary N) is 3. The van der Waals surface area contributed by atoms with Crippen LogP contribution in [0.15, 0.2) is 24.3 Å². The minimum absolute atomic E-state index is 0.0202. The maximum atomic E-state index is 12.8. The molecule has 0 heterocycles. The summed E-state index contributed by atoms with van der Waals surface area (Å²) in [6.07, 6.45) is 6.09. The lowest BCUT2D eigenvalue weighted by Crippen LogP contribution is -2.64. The molecule has 3 amide bonds. The molecule has 0 spiro atoms. The van der Waals surface area contributed by atoms with Crippen LogP contribution in [-0.4, -0.2) is 17.5 Å². The smallest absolute Gasteiger partial charge is 0.319 e. The number of hydrogen-bond donors (Lipinski definition) is 3. The highest BCUT2D eigenvalue weighted by Gasteiger charge is 2.57. The topological polar surface area (TPSA) is 70.2 Å². The molecule has 0 aliphatic heterocycles. The first-order chi connectivity index (χ1) is 13.6. The van der Waals surface area contributed by atoms with Crippen molar-refractivity contribution < 1.29 is 9.59 Å². The van der Waals surface area contributed by atoms with E-state index in [0.29, 0.717) is 12.0 Å². The molecule has 5 heteroatoms. The van der Waals surface area contributed by atoms with Gasteiger partial charge in [-0.2, -0.15) is 0 Å². The van der Waals surface area contributed by atoms with Gasteiger partial charge >= 0.3 is 6.03 Å². The molecule has 1 aromatic rings. The molecular weight excluding hydrogens is 362 g/mol. The number of benzene rings is 1. The summed E-state index contributed by atoms with van der Waals surface area (Å²) in [7, 11) is 0. The Morgan fingerprint density at radius 1 is 1.03 bits per heavy atom. The Labute approximate surface area is 174 Å². The van der Waals surface area contributed by atoms with Crippen LogP contribution in [0.25, 0.3) is 0 Å². The van der Waals surface area contributed by atoms with Gasteiger partial charge in [-0.1, -0.05) is 32.9 Å². The van der Waals surface area contributed by atoms with E-state index in [2.05, 4.69) is 36.7 Å². The molecule has 0 saturated heterocycles. The second-order valence-corrected chi connectivity index (χ2v) is 10.8. The first-order valence-corrected chi connectivity index (χ1v) is 11.1. The summed E-state index contributed by atoms with van der Waals surface area (Å²) in [6, 6.07) is 7.57. The Balaban J connectivity index is 1.37. The summed E-state index contributed by atoms with van der Waals surface area (Å²) in [4.78, 5) is 23.8. The summed E-state index contributed by atoms with van der Waals surface area (Å²) in [6.45, 7) is 9.19. The van der Waals surface area contributed by atoms with E-state index in [1.54, 1.807) is 0 Å². The number of hydrogen-bond acceptors (Lipinski definition) is 2. The van der Waals surface area contributed by atoms with Crippen LogP contribution in [0.3, 0.4) is 0 Å². The Hall–Kier alpha value is -2.04. The predicted octanol–water partition coefficient (Wildman–Crippen LogP) is 4.69. The van der Waals surface area contributed by atoms with Crippen molar-refractivity contribution in [3.05, 3.63) is 29.8 Å². The minimum atomic E-state index is -0.0890. The third-order valence-electron chi connectivity index (χ3n) is 7.41. The van der Waals surface area contributed by atoms with Crippen molar-refractivity contribution in [1.82, 2.24) is 10.6 Å². The molecule has 2 unspecified atom stereocenters. The highest BCUT2D eigenvalue weighted by molar-refractivity contribution is 5.89. The number of urea groups is 1. The van der Waals surface area contributed by atoms with Gasteiger partial charge in [0.05, 0.1) is 0 Å². The van der Waals surface area contributed by atoms with Gasteiger partial charge in [-0.15, -0.1) is 0 Å². The van der Waals surface area contributed by atoms with Crippen LogP contribution in [0, 0.1) is 29.1 Å². The molecule has 4 aliphatic rings. The highest BCUT2D eigenvalue weighted by Crippen LogP contribution is 2.62. The quantitative estimate of drug-likeness (QED) is 0.690. The van der Waals surface area contributed by atoms with Gasteiger partial charge in [0.15, 0.2) is 0 Å². The zero-order chi connectivity index (χ0) is 20.8. The Morgan fingerprint density at radius 2 is 1.66 bits per heavy atom. The van der Waals surface area contributed by atoms with Crippen molar-refractivity contribution in [2.45, 2.75) is 71.9 Å². The molecule has 4 saturated carbocycles. The molecule has 2 atom stereocenters. The maximum Gasteiger partial charge on any atom is 0.319 e. The Bertz CT molecular complexity index is 764. The average Bonchev–Trinajstić information content (AvgIpc) is 2.58. The molecule has 5 rings (SSSR count). The van der Waals surface area contributed by atoms with Crippen molar-refractivity contribution in [3.8, 4) is 0 Å². The third kappa shape index (κ3) is 4.29. The SMILES string of the molecule is CC(=O)NCc1ccc(NC(=O)NC23CC4CC(C2)C(C(C)(C)C)C(C4)C3)cc1. The monoisotopic (exact) mass is 397 g/mol. The van der Waals surface area contributed by atoms with Crippen molar-refractivity contribution in [2.75, 3.05) is 5.32 Å². The number of rotatable bonds is 4. The molecule has 4 bridgehead atoms. The van der Waals surface area contributed by atoms with Gasteiger partial charge in [-0.05, 0) is 78.9 Å². The Kier molecular flexibility index (Phi) is 5.12. The van der Waals surface area contributed by atoms with E-state index in [9.17, 15) is 9.59 Å². The van der Waals surface area contributed by atoms with Crippen molar-refractivity contribution >= 4 is 17.6 Å². The molecule has 1 aromatic carbocycles. The second kappa shape index (κ2) is 7.33. The van der Waals surface area contributed by atoms with Crippen LogP contribution >= 0.6 is 0 Å². The van der Waals surface area contributed by atoms with E-state index in [1.165, 1.54) is 19.8 Å². The summed E-state index contributed by atoms with van der Waals surface area (Å²) < 4.78 is 0. The largest absolute Gasteiger partial charge is 0.352 e.